The normalized spacial score (nSPS) is 20.9. The van der Waals surface area contributed by atoms with E-state index >= 15 is 0 Å². The fourth-order valence-electron chi connectivity index (χ4n) is 2.90. The highest BCUT2D eigenvalue weighted by atomic mass is 16.5. The van der Waals surface area contributed by atoms with Gasteiger partial charge in [-0.1, -0.05) is 13.8 Å². The summed E-state index contributed by atoms with van der Waals surface area (Å²) in [5.41, 5.74) is 1.86. The fraction of sp³-hybridized carbons (Fsp3) is 0.588. The van der Waals surface area contributed by atoms with Crippen molar-refractivity contribution in [3.05, 3.63) is 23.8 Å². The maximum absolute atomic E-state index is 12.5. The predicted octanol–water partition coefficient (Wildman–Crippen LogP) is 3.11. The lowest BCUT2D eigenvalue weighted by Gasteiger charge is -2.38. The van der Waals surface area contributed by atoms with E-state index in [-0.39, 0.29) is 17.4 Å². The Bertz CT molecular complexity index is 512. The van der Waals surface area contributed by atoms with Crippen molar-refractivity contribution in [1.82, 2.24) is 5.32 Å². The van der Waals surface area contributed by atoms with E-state index in [2.05, 4.69) is 24.5 Å². The molecule has 0 bridgehead atoms. The van der Waals surface area contributed by atoms with Gasteiger partial charge in [-0.25, -0.2) is 0 Å². The molecule has 0 spiro atoms. The van der Waals surface area contributed by atoms with Gasteiger partial charge in [-0.15, -0.1) is 0 Å². The first kappa shape index (κ1) is 15.8. The number of rotatable bonds is 4. The Morgan fingerprint density at radius 3 is 2.86 bits per heavy atom. The van der Waals surface area contributed by atoms with Crippen molar-refractivity contribution in [3.63, 3.8) is 0 Å². The van der Waals surface area contributed by atoms with Crippen molar-refractivity contribution in [1.29, 1.82) is 0 Å². The van der Waals surface area contributed by atoms with Crippen molar-refractivity contribution in [2.45, 2.75) is 46.6 Å². The molecule has 1 aliphatic heterocycles. The second-order valence-electron chi connectivity index (χ2n) is 6.38. The van der Waals surface area contributed by atoms with Gasteiger partial charge in [0.1, 0.15) is 5.75 Å². The first-order chi connectivity index (χ1) is 9.94. The molecule has 1 aromatic carbocycles. The topological polar surface area (TPSA) is 50.4 Å². The number of nitrogens with one attached hydrogen (secondary N) is 2. The zero-order valence-electron chi connectivity index (χ0n) is 13.5. The van der Waals surface area contributed by atoms with E-state index in [1.165, 1.54) is 0 Å². The molecule has 0 saturated carbocycles. The summed E-state index contributed by atoms with van der Waals surface area (Å²) in [5, 5.41) is 6.39. The second-order valence-corrected chi connectivity index (χ2v) is 6.38. The van der Waals surface area contributed by atoms with E-state index in [9.17, 15) is 4.79 Å². The molecule has 116 valence electrons. The van der Waals surface area contributed by atoms with Crippen molar-refractivity contribution >= 4 is 11.6 Å². The summed E-state index contributed by atoms with van der Waals surface area (Å²) in [5.74, 6) is 0.885. The van der Waals surface area contributed by atoms with E-state index in [0.717, 1.165) is 36.4 Å². The van der Waals surface area contributed by atoms with Crippen LogP contribution >= 0.6 is 0 Å². The zero-order chi connectivity index (χ0) is 15.5. The van der Waals surface area contributed by atoms with Crippen LogP contribution in [-0.4, -0.2) is 25.1 Å². The van der Waals surface area contributed by atoms with Gasteiger partial charge in [0.15, 0.2) is 0 Å². The molecule has 2 rings (SSSR count). The van der Waals surface area contributed by atoms with Crippen LogP contribution in [0.4, 0.5) is 5.69 Å². The molecule has 1 atom stereocenters. The zero-order valence-corrected chi connectivity index (χ0v) is 13.5. The summed E-state index contributed by atoms with van der Waals surface area (Å²) in [6, 6.07) is 5.62. The molecular weight excluding hydrogens is 264 g/mol. The number of aryl methyl sites for hydroxylation is 1. The number of carbonyl (C=O) groups is 1. The molecule has 0 aromatic heterocycles. The summed E-state index contributed by atoms with van der Waals surface area (Å²) in [4.78, 5) is 12.5. The van der Waals surface area contributed by atoms with Gasteiger partial charge in [0.2, 0.25) is 5.91 Å². The first-order valence-electron chi connectivity index (χ1n) is 7.72. The molecule has 1 heterocycles. The monoisotopic (exact) mass is 290 g/mol. The Labute approximate surface area is 127 Å². The second kappa shape index (κ2) is 6.48. The predicted molar refractivity (Wildman–Crippen MR) is 85.8 cm³/mol. The molecule has 1 amide bonds. The Balaban J connectivity index is 2.08. The van der Waals surface area contributed by atoms with Gasteiger partial charge in [-0.05, 0) is 62.4 Å². The van der Waals surface area contributed by atoms with Crippen LogP contribution in [0.3, 0.4) is 0 Å². The van der Waals surface area contributed by atoms with Gasteiger partial charge in [0, 0.05) is 5.69 Å². The van der Waals surface area contributed by atoms with Crippen LogP contribution in [0, 0.1) is 12.3 Å². The van der Waals surface area contributed by atoms with E-state index in [0.29, 0.717) is 6.61 Å². The van der Waals surface area contributed by atoms with Crippen LogP contribution in [0.2, 0.25) is 0 Å². The lowest BCUT2D eigenvalue weighted by atomic mass is 9.77. The third-order valence-corrected chi connectivity index (χ3v) is 4.16. The summed E-state index contributed by atoms with van der Waals surface area (Å²) < 4.78 is 5.47. The van der Waals surface area contributed by atoms with Crippen LogP contribution in [0.5, 0.6) is 5.75 Å². The van der Waals surface area contributed by atoms with Gasteiger partial charge in [-0.3, -0.25) is 4.79 Å². The Morgan fingerprint density at radius 1 is 1.48 bits per heavy atom. The van der Waals surface area contributed by atoms with Crippen LogP contribution in [0.15, 0.2) is 18.2 Å². The van der Waals surface area contributed by atoms with E-state index < -0.39 is 0 Å². The Hall–Kier alpha value is -1.55. The number of benzene rings is 1. The van der Waals surface area contributed by atoms with E-state index in [1.54, 1.807) is 0 Å². The minimum absolute atomic E-state index is 0.0124. The summed E-state index contributed by atoms with van der Waals surface area (Å²) in [6.07, 6.45) is 2.19. The van der Waals surface area contributed by atoms with Crippen molar-refractivity contribution in [2.24, 2.45) is 5.41 Å². The molecule has 1 aromatic rings. The number of amides is 1. The van der Waals surface area contributed by atoms with Crippen molar-refractivity contribution in [2.75, 3.05) is 18.5 Å². The van der Waals surface area contributed by atoms with E-state index in [4.69, 9.17) is 4.74 Å². The number of ether oxygens (including phenoxy) is 1. The van der Waals surface area contributed by atoms with Crippen LogP contribution in [0.25, 0.3) is 0 Å². The van der Waals surface area contributed by atoms with Crippen LogP contribution in [0.1, 0.15) is 39.2 Å². The summed E-state index contributed by atoms with van der Waals surface area (Å²) in [7, 11) is 0. The molecule has 21 heavy (non-hydrogen) atoms. The van der Waals surface area contributed by atoms with Crippen LogP contribution < -0.4 is 15.4 Å². The average Bonchev–Trinajstić information content (AvgIpc) is 2.41. The molecule has 1 saturated heterocycles. The highest BCUT2D eigenvalue weighted by Gasteiger charge is 2.37. The lowest BCUT2D eigenvalue weighted by Crippen LogP contribution is -2.53. The highest BCUT2D eigenvalue weighted by Crippen LogP contribution is 2.31. The third-order valence-electron chi connectivity index (χ3n) is 4.16. The molecule has 2 N–H and O–H groups in total. The first-order valence-corrected chi connectivity index (χ1v) is 7.72. The molecule has 1 unspecified atom stereocenters. The third kappa shape index (κ3) is 3.76. The van der Waals surface area contributed by atoms with Gasteiger partial charge in [0.05, 0.1) is 12.6 Å². The maximum Gasteiger partial charge on any atom is 0.242 e. The van der Waals surface area contributed by atoms with Gasteiger partial charge in [0.25, 0.3) is 0 Å². The Kier molecular flexibility index (Phi) is 4.88. The number of anilines is 1. The smallest absolute Gasteiger partial charge is 0.242 e. The Morgan fingerprint density at radius 2 is 2.24 bits per heavy atom. The molecule has 4 nitrogen and oxygen atoms in total. The van der Waals surface area contributed by atoms with Gasteiger partial charge in [-0.2, -0.15) is 0 Å². The van der Waals surface area contributed by atoms with Crippen molar-refractivity contribution in [3.8, 4) is 5.75 Å². The summed E-state index contributed by atoms with van der Waals surface area (Å²) in [6.45, 7) is 9.79. The van der Waals surface area contributed by atoms with Gasteiger partial charge >= 0.3 is 0 Å². The van der Waals surface area contributed by atoms with E-state index in [1.807, 2.05) is 32.0 Å². The quantitative estimate of drug-likeness (QED) is 0.896. The van der Waals surface area contributed by atoms with Crippen LogP contribution in [-0.2, 0) is 4.79 Å². The SMILES string of the molecule is CCOc1ccc(NC(=O)C2NCCCC2(C)C)c(C)c1. The number of piperidine rings is 1. The molecule has 0 radical (unpaired) electrons. The molecule has 1 aliphatic rings. The molecule has 1 fully saturated rings. The molecular formula is C17H26N2O2. The summed E-state index contributed by atoms with van der Waals surface area (Å²) >= 11 is 0. The highest BCUT2D eigenvalue weighted by molar-refractivity contribution is 5.96. The standard InChI is InChI=1S/C17H26N2O2/c1-5-21-13-7-8-14(12(2)11-13)19-16(20)15-17(3,4)9-6-10-18-15/h7-8,11,15,18H,5-6,9-10H2,1-4H3,(H,19,20). The van der Waals surface area contributed by atoms with Gasteiger partial charge < -0.3 is 15.4 Å². The molecule has 0 aliphatic carbocycles. The fourth-order valence-corrected chi connectivity index (χ4v) is 2.90. The lowest BCUT2D eigenvalue weighted by molar-refractivity contribution is -0.121. The average molecular weight is 290 g/mol. The number of carbonyl (C=O) groups excluding carboxylic acids is 1. The molecule has 4 heteroatoms. The minimum Gasteiger partial charge on any atom is -0.494 e. The minimum atomic E-state index is -0.141. The maximum atomic E-state index is 12.5. The van der Waals surface area contributed by atoms with Crippen molar-refractivity contribution < 1.29 is 9.53 Å². The largest absolute Gasteiger partial charge is 0.494 e. The number of hydrogen-bond acceptors (Lipinski definition) is 3. The number of hydrogen-bond donors (Lipinski definition) is 2.